The van der Waals surface area contributed by atoms with Gasteiger partial charge in [0, 0.05) is 12.1 Å². The van der Waals surface area contributed by atoms with E-state index in [1.165, 1.54) is 44.8 Å². The number of fused-ring (bicyclic) bond motifs is 1. The number of rotatable bonds is 6. The third-order valence-corrected chi connectivity index (χ3v) is 5.90. The van der Waals surface area contributed by atoms with Crippen LogP contribution in [-0.4, -0.2) is 34.7 Å². The van der Waals surface area contributed by atoms with Crippen molar-refractivity contribution in [1.29, 1.82) is 0 Å². The van der Waals surface area contributed by atoms with Crippen molar-refractivity contribution in [3.05, 3.63) is 36.4 Å². The predicted octanol–water partition coefficient (Wildman–Crippen LogP) is 3.12. The second kappa shape index (κ2) is 6.77. The van der Waals surface area contributed by atoms with Crippen LogP contribution in [0.25, 0.3) is 10.2 Å². The Morgan fingerprint density at radius 2 is 1.60 bits per heavy atom. The summed E-state index contributed by atoms with van der Waals surface area (Å²) in [5.41, 5.74) is 0.620. The van der Waals surface area contributed by atoms with Gasteiger partial charge in [0.1, 0.15) is 5.75 Å². The van der Waals surface area contributed by atoms with Crippen LogP contribution in [0.1, 0.15) is 0 Å². The molecular formula is C16H16N2O5S2. The molecule has 1 heterocycles. The average molecular weight is 380 g/mol. The van der Waals surface area contributed by atoms with Gasteiger partial charge in [0.15, 0.2) is 16.6 Å². The molecule has 25 heavy (non-hydrogen) atoms. The smallest absolute Gasteiger partial charge is 0.263 e. The fourth-order valence-corrected chi connectivity index (χ4v) is 4.34. The van der Waals surface area contributed by atoms with E-state index in [-0.39, 0.29) is 10.0 Å². The zero-order valence-electron chi connectivity index (χ0n) is 13.8. The number of benzene rings is 2. The molecule has 3 rings (SSSR count). The molecule has 0 spiro atoms. The van der Waals surface area contributed by atoms with E-state index in [2.05, 4.69) is 9.71 Å². The highest BCUT2D eigenvalue weighted by molar-refractivity contribution is 7.93. The highest BCUT2D eigenvalue weighted by atomic mass is 32.2. The Balaban J connectivity index is 1.93. The molecule has 132 valence electrons. The van der Waals surface area contributed by atoms with Crippen LogP contribution in [0.4, 0.5) is 5.13 Å². The van der Waals surface area contributed by atoms with Crippen LogP contribution in [-0.2, 0) is 10.0 Å². The molecule has 0 saturated heterocycles. The van der Waals surface area contributed by atoms with E-state index in [1.54, 1.807) is 24.3 Å². The van der Waals surface area contributed by atoms with Crippen LogP contribution in [0.15, 0.2) is 41.3 Å². The second-order valence-corrected chi connectivity index (χ2v) is 7.69. The summed E-state index contributed by atoms with van der Waals surface area (Å²) in [6, 6.07) is 9.58. The molecule has 0 fully saturated rings. The minimum absolute atomic E-state index is 0.128. The molecule has 0 radical (unpaired) electrons. The van der Waals surface area contributed by atoms with Crippen molar-refractivity contribution in [1.82, 2.24) is 4.98 Å². The molecule has 3 aromatic rings. The Morgan fingerprint density at radius 3 is 2.20 bits per heavy atom. The first-order chi connectivity index (χ1) is 12.0. The van der Waals surface area contributed by atoms with Crippen molar-refractivity contribution in [2.45, 2.75) is 4.90 Å². The first-order valence-corrected chi connectivity index (χ1v) is 9.46. The van der Waals surface area contributed by atoms with Gasteiger partial charge < -0.3 is 14.2 Å². The number of thiazole rings is 1. The summed E-state index contributed by atoms with van der Waals surface area (Å²) in [5, 5.41) is 0.265. The third kappa shape index (κ3) is 3.47. The minimum atomic E-state index is -3.74. The summed E-state index contributed by atoms with van der Waals surface area (Å²) in [5.74, 6) is 1.67. The number of hydrogen-bond acceptors (Lipinski definition) is 7. The van der Waals surface area contributed by atoms with Crippen molar-refractivity contribution < 1.29 is 22.6 Å². The van der Waals surface area contributed by atoms with E-state index in [1.807, 2.05) is 0 Å². The van der Waals surface area contributed by atoms with Crippen molar-refractivity contribution in [3.8, 4) is 17.2 Å². The SMILES string of the molecule is COc1ccc(S(=O)(=O)Nc2nc3cc(OC)c(OC)cc3s2)cc1. The van der Waals surface area contributed by atoms with E-state index < -0.39 is 10.0 Å². The fourth-order valence-electron chi connectivity index (χ4n) is 2.23. The zero-order valence-corrected chi connectivity index (χ0v) is 15.4. The minimum Gasteiger partial charge on any atom is -0.497 e. The molecule has 9 heteroatoms. The van der Waals surface area contributed by atoms with Gasteiger partial charge in [0.2, 0.25) is 0 Å². The van der Waals surface area contributed by atoms with Gasteiger partial charge in [-0.1, -0.05) is 11.3 Å². The van der Waals surface area contributed by atoms with Crippen molar-refractivity contribution in [2.24, 2.45) is 0 Å². The number of ether oxygens (including phenoxy) is 3. The topological polar surface area (TPSA) is 86.8 Å². The predicted molar refractivity (Wildman–Crippen MR) is 96.5 cm³/mol. The number of aromatic nitrogens is 1. The van der Waals surface area contributed by atoms with Crippen LogP contribution < -0.4 is 18.9 Å². The van der Waals surface area contributed by atoms with Crippen LogP contribution >= 0.6 is 11.3 Å². The summed E-state index contributed by atoms with van der Waals surface area (Å²) in [7, 11) is 0.853. The lowest BCUT2D eigenvalue weighted by Crippen LogP contribution is -2.12. The lowest BCUT2D eigenvalue weighted by molar-refractivity contribution is 0.356. The van der Waals surface area contributed by atoms with Gasteiger partial charge in [-0.25, -0.2) is 13.4 Å². The van der Waals surface area contributed by atoms with Gasteiger partial charge >= 0.3 is 0 Å². The van der Waals surface area contributed by atoms with Gasteiger partial charge in [0.25, 0.3) is 10.0 Å². The molecule has 2 aromatic carbocycles. The fraction of sp³-hybridized carbons (Fsp3) is 0.188. The molecule has 0 saturated carbocycles. The summed E-state index contributed by atoms with van der Waals surface area (Å²) in [4.78, 5) is 4.44. The maximum Gasteiger partial charge on any atom is 0.263 e. The van der Waals surface area contributed by atoms with Gasteiger partial charge in [-0.2, -0.15) is 0 Å². The maximum absolute atomic E-state index is 12.5. The van der Waals surface area contributed by atoms with E-state index in [0.29, 0.717) is 22.8 Å². The second-order valence-electron chi connectivity index (χ2n) is 4.97. The van der Waals surface area contributed by atoms with Gasteiger partial charge in [0.05, 0.1) is 36.4 Å². The van der Waals surface area contributed by atoms with Crippen molar-refractivity contribution in [3.63, 3.8) is 0 Å². The lowest BCUT2D eigenvalue weighted by Gasteiger charge is -2.06. The molecule has 0 amide bonds. The number of sulfonamides is 1. The summed E-state index contributed by atoms with van der Waals surface area (Å²) in [6.07, 6.45) is 0. The molecule has 0 unspecified atom stereocenters. The lowest BCUT2D eigenvalue weighted by atomic mass is 10.3. The van der Waals surface area contributed by atoms with Gasteiger partial charge in [-0.15, -0.1) is 0 Å². The Labute approximate surface area is 149 Å². The summed E-state index contributed by atoms with van der Waals surface area (Å²) >= 11 is 1.21. The molecule has 0 aliphatic carbocycles. The average Bonchev–Trinajstić information content (AvgIpc) is 3.00. The molecule has 0 bridgehead atoms. The van der Waals surface area contributed by atoms with Crippen molar-refractivity contribution >= 4 is 36.7 Å². The van der Waals surface area contributed by atoms with Crippen LogP contribution in [0.5, 0.6) is 17.2 Å². The Morgan fingerprint density at radius 1 is 0.960 bits per heavy atom. The Bertz CT molecular complexity index is 956. The standard InChI is InChI=1S/C16H16N2O5S2/c1-21-10-4-6-11(7-5-10)25(19,20)18-16-17-12-8-13(22-2)14(23-3)9-15(12)24-16/h4-9H,1-3H3,(H,17,18). The maximum atomic E-state index is 12.5. The van der Waals surface area contributed by atoms with Crippen LogP contribution in [0, 0.1) is 0 Å². The number of methoxy groups -OCH3 is 3. The van der Waals surface area contributed by atoms with Crippen molar-refractivity contribution in [2.75, 3.05) is 26.1 Å². The Kier molecular flexibility index (Phi) is 4.69. The first kappa shape index (κ1) is 17.3. The van der Waals surface area contributed by atoms with Gasteiger partial charge in [-0.05, 0) is 24.3 Å². The Hall–Kier alpha value is -2.52. The summed E-state index contributed by atoms with van der Waals surface area (Å²) < 4.78 is 43.8. The number of anilines is 1. The first-order valence-electron chi connectivity index (χ1n) is 7.16. The van der Waals surface area contributed by atoms with E-state index in [9.17, 15) is 8.42 Å². The number of hydrogen-bond donors (Lipinski definition) is 1. The molecule has 0 aliphatic heterocycles. The van der Waals surface area contributed by atoms with E-state index in [4.69, 9.17) is 14.2 Å². The van der Waals surface area contributed by atoms with Gasteiger partial charge in [-0.3, -0.25) is 4.72 Å². The number of nitrogens with zero attached hydrogens (tertiary/aromatic N) is 1. The molecule has 1 N–H and O–H groups in total. The quantitative estimate of drug-likeness (QED) is 0.707. The highest BCUT2D eigenvalue weighted by Gasteiger charge is 2.18. The molecule has 7 nitrogen and oxygen atoms in total. The van der Waals surface area contributed by atoms with E-state index in [0.717, 1.165) is 4.70 Å². The monoisotopic (exact) mass is 380 g/mol. The zero-order chi connectivity index (χ0) is 18.0. The normalized spacial score (nSPS) is 11.3. The highest BCUT2D eigenvalue weighted by Crippen LogP contribution is 2.36. The molecule has 1 aromatic heterocycles. The molecular weight excluding hydrogens is 364 g/mol. The largest absolute Gasteiger partial charge is 0.497 e. The molecule has 0 aliphatic rings. The number of nitrogens with one attached hydrogen (secondary N) is 1. The van der Waals surface area contributed by atoms with Crippen LogP contribution in [0.3, 0.4) is 0 Å². The van der Waals surface area contributed by atoms with Crippen LogP contribution in [0.2, 0.25) is 0 Å². The van der Waals surface area contributed by atoms with E-state index >= 15 is 0 Å². The molecule has 0 atom stereocenters. The summed E-state index contributed by atoms with van der Waals surface area (Å²) in [6.45, 7) is 0. The third-order valence-electron chi connectivity index (χ3n) is 3.49.